The maximum atomic E-state index is 13.1. The number of hydrogen-bond donors (Lipinski definition) is 1. The van der Waals surface area contributed by atoms with Crippen molar-refractivity contribution in [2.24, 2.45) is 0 Å². The van der Waals surface area contributed by atoms with Crippen LogP contribution in [0.4, 0.5) is 18.9 Å². The van der Waals surface area contributed by atoms with E-state index in [1.54, 1.807) is 43.5 Å². The lowest BCUT2D eigenvalue weighted by atomic mass is 10.1. The number of nitrogens with zero attached hydrogens (tertiary/aromatic N) is 1. The molecule has 0 radical (unpaired) electrons. The van der Waals surface area contributed by atoms with Crippen molar-refractivity contribution >= 4 is 23.2 Å². The van der Waals surface area contributed by atoms with Crippen LogP contribution >= 0.6 is 11.6 Å². The summed E-state index contributed by atoms with van der Waals surface area (Å²) in [5.74, 6) is 0.672. The van der Waals surface area contributed by atoms with Crippen molar-refractivity contribution in [3.8, 4) is 28.5 Å². The maximum Gasteiger partial charge on any atom is 0.417 e. The van der Waals surface area contributed by atoms with E-state index in [9.17, 15) is 18.0 Å². The number of oxazole rings is 1. The molecule has 5 nitrogen and oxygen atoms in total. The molecule has 4 aromatic rings. The summed E-state index contributed by atoms with van der Waals surface area (Å²) in [6.45, 7) is 0. The number of carbonyl (C=O) groups is 1. The molecular weight excluding hydrogens is 457 g/mol. The molecule has 0 unspecified atom stereocenters. The first-order valence-corrected chi connectivity index (χ1v) is 10.0. The van der Waals surface area contributed by atoms with Gasteiger partial charge in [-0.15, -0.1) is 0 Å². The normalized spacial score (nSPS) is 11.3. The van der Waals surface area contributed by atoms with Crippen LogP contribution in [0.1, 0.15) is 15.9 Å². The molecule has 0 aliphatic carbocycles. The smallest absolute Gasteiger partial charge is 0.417 e. The molecule has 1 heterocycles. The first-order chi connectivity index (χ1) is 15.8. The van der Waals surface area contributed by atoms with Crippen LogP contribution in [0, 0.1) is 0 Å². The Kier molecular flexibility index (Phi) is 6.11. The summed E-state index contributed by atoms with van der Waals surface area (Å²) in [5.41, 5.74) is 0.215. The van der Waals surface area contributed by atoms with E-state index >= 15 is 0 Å². The molecule has 0 saturated heterocycles. The monoisotopic (exact) mass is 472 g/mol. The van der Waals surface area contributed by atoms with Gasteiger partial charge >= 0.3 is 6.18 Å². The average molecular weight is 473 g/mol. The number of ether oxygens (including phenoxy) is 1. The number of halogens is 4. The van der Waals surface area contributed by atoms with E-state index < -0.39 is 22.7 Å². The Morgan fingerprint density at radius 2 is 1.85 bits per heavy atom. The van der Waals surface area contributed by atoms with Crippen LogP contribution in [0.25, 0.3) is 22.8 Å². The molecule has 0 aliphatic heterocycles. The number of nitrogens with one attached hydrogen (secondary N) is 1. The van der Waals surface area contributed by atoms with Crippen LogP contribution in [0.15, 0.2) is 77.3 Å². The third kappa shape index (κ3) is 4.85. The summed E-state index contributed by atoms with van der Waals surface area (Å²) in [7, 11) is 1.55. The Morgan fingerprint density at radius 1 is 1.06 bits per heavy atom. The van der Waals surface area contributed by atoms with Gasteiger partial charge in [0, 0.05) is 16.8 Å². The summed E-state index contributed by atoms with van der Waals surface area (Å²) >= 11 is 5.65. The fourth-order valence-corrected chi connectivity index (χ4v) is 3.42. The van der Waals surface area contributed by atoms with Crippen molar-refractivity contribution in [3.05, 3.63) is 89.1 Å². The summed E-state index contributed by atoms with van der Waals surface area (Å²) in [6.07, 6.45) is -3.13. The first-order valence-electron chi connectivity index (χ1n) is 9.64. The Morgan fingerprint density at radius 3 is 2.61 bits per heavy atom. The average Bonchev–Trinajstić information content (AvgIpc) is 3.30. The van der Waals surface area contributed by atoms with Crippen LogP contribution in [0.3, 0.4) is 0 Å². The number of amides is 1. The standard InChI is InChI=1S/C24H16ClF3N2O3/c1-32-16-6-4-5-14(11-16)21-13-29-23(33-21)18-8-3-2-7-17(18)22(31)30-15-9-10-20(25)19(12-15)24(26,27)28/h2-13H,1H3,(H,30,31). The Bertz CT molecular complexity index is 1320. The molecule has 0 spiro atoms. The highest BCUT2D eigenvalue weighted by atomic mass is 35.5. The van der Waals surface area contributed by atoms with Crippen molar-refractivity contribution in [2.45, 2.75) is 6.18 Å². The fourth-order valence-electron chi connectivity index (χ4n) is 3.19. The second-order valence-corrected chi connectivity index (χ2v) is 7.36. The number of anilines is 1. The molecule has 1 N–H and O–H groups in total. The lowest BCUT2D eigenvalue weighted by Gasteiger charge is -2.12. The highest BCUT2D eigenvalue weighted by Gasteiger charge is 2.33. The van der Waals surface area contributed by atoms with Gasteiger partial charge in [-0.05, 0) is 42.5 Å². The van der Waals surface area contributed by atoms with Crippen LogP contribution in [-0.2, 0) is 6.18 Å². The summed E-state index contributed by atoms with van der Waals surface area (Å²) in [5, 5.41) is 2.03. The lowest BCUT2D eigenvalue weighted by Crippen LogP contribution is -2.14. The number of methoxy groups -OCH3 is 1. The van der Waals surface area contributed by atoms with Crippen molar-refractivity contribution in [1.29, 1.82) is 0 Å². The van der Waals surface area contributed by atoms with Gasteiger partial charge in [-0.2, -0.15) is 13.2 Å². The number of rotatable bonds is 5. The van der Waals surface area contributed by atoms with E-state index in [1.165, 1.54) is 18.3 Å². The Labute approximate surface area is 191 Å². The minimum absolute atomic E-state index is 0.0454. The molecule has 4 rings (SSSR count). The van der Waals surface area contributed by atoms with Crippen molar-refractivity contribution in [1.82, 2.24) is 4.98 Å². The molecule has 0 fully saturated rings. The fraction of sp³-hybridized carbons (Fsp3) is 0.0833. The van der Waals surface area contributed by atoms with Gasteiger partial charge in [-0.25, -0.2) is 4.98 Å². The van der Waals surface area contributed by atoms with Crippen LogP contribution in [-0.4, -0.2) is 18.0 Å². The number of hydrogen-bond acceptors (Lipinski definition) is 4. The highest BCUT2D eigenvalue weighted by Crippen LogP contribution is 2.36. The van der Waals surface area contributed by atoms with Gasteiger partial charge in [0.15, 0.2) is 5.76 Å². The van der Waals surface area contributed by atoms with Crippen LogP contribution in [0.5, 0.6) is 5.75 Å². The van der Waals surface area contributed by atoms with Gasteiger partial charge in [-0.1, -0.05) is 35.9 Å². The summed E-state index contributed by atoms with van der Waals surface area (Å²) in [6, 6.07) is 16.9. The van der Waals surface area contributed by atoms with E-state index in [2.05, 4.69) is 10.3 Å². The van der Waals surface area contributed by atoms with Gasteiger partial charge in [0.25, 0.3) is 5.91 Å². The van der Waals surface area contributed by atoms with E-state index in [0.717, 1.165) is 17.7 Å². The van der Waals surface area contributed by atoms with E-state index in [1.807, 2.05) is 6.07 Å². The minimum Gasteiger partial charge on any atom is -0.497 e. The molecule has 1 aromatic heterocycles. The maximum absolute atomic E-state index is 13.1. The van der Waals surface area contributed by atoms with Gasteiger partial charge < -0.3 is 14.5 Å². The molecule has 0 aliphatic rings. The lowest BCUT2D eigenvalue weighted by molar-refractivity contribution is -0.137. The first kappa shape index (κ1) is 22.4. The quantitative estimate of drug-likeness (QED) is 0.341. The SMILES string of the molecule is COc1cccc(-c2cnc(-c3ccccc3C(=O)Nc3ccc(Cl)c(C(F)(F)F)c3)o2)c1. The van der Waals surface area contributed by atoms with E-state index in [0.29, 0.717) is 17.1 Å². The second-order valence-electron chi connectivity index (χ2n) is 6.95. The van der Waals surface area contributed by atoms with Gasteiger partial charge in [0.05, 0.1) is 29.5 Å². The molecule has 1 amide bonds. The zero-order valence-electron chi connectivity index (χ0n) is 17.1. The molecule has 9 heteroatoms. The van der Waals surface area contributed by atoms with Gasteiger partial charge in [-0.3, -0.25) is 4.79 Å². The largest absolute Gasteiger partial charge is 0.497 e. The second kappa shape index (κ2) is 8.99. The zero-order chi connectivity index (χ0) is 23.6. The predicted molar refractivity (Wildman–Crippen MR) is 118 cm³/mol. The van der Waals surface area contributed by atoms with Crippen molar-refractivity contribution in [3.63, 3.8) is 0 Å². The van der Waals surface area contributed by atoms with Gasteiger partial charge in [0.1, 0.15) is 5.75 Å². The van der Waals surface area contributed by atoms with Gasteiger partial charge in [0.2, 0.25) is 5.89 Å². The number of aromatic nitrogens is 1. The number of carbonyl (C=O) groups excluding carboxylic acids is 1. The molecule has 0 bridgehead atoms. The molecular formula is C24H16ClF3N2O3. The number of benzene rings is 3. The Balaban J connectivity index is 1.64. The predicted octanol–water partition coefficient (Wildman–Crippen LogP) is 6.94. The molecule has 168 valence electrons. The molecule has 33 heavy (non-hydrogen) atoms. The zero-order valence-corrected chi connectivity index (χ0v) is 17.9. The topological polar surface area (TPSA) is 64.4 Å². The van der Waals surface area contributed by atoms with Crippen LogP contribution in [0.2, 0.25) is 5.02 Å². The van der Waals surface area contributed by atoms with E-state index in [4.69, 9.17) is 20.8 Å². The molecule has 3 aromatic carbocycles. The summed E-state index contributed by atoms with van der Waals surface area (Å²) < 4.78 is 50.5. The number of alkyl halides is 3. The van der Waals surface area contributed by atoms with Crippen LogP contribution < -0.4 is 10.1 Å². The molecule has 0 atom stereocenters. The van der Waals surface area contributed by atoms with E-state index in [-0.39, 0.29) is 17.1 Å². The Hall–Kier alpha value is -3.78. The highest BCUT2D eigenvalue weighted by molar-refractivity contribution is 6.31. The summed E-state index contributed by atoms with van der Waals surface area (Å²) in [4.78, 5) is 17.2. The minimum atomic E-state index is -4.65. The third-order valence-electron chi connectivity index (χ3n) is 4.79. The third-order valence-corrected chi connectivity index (χ3v) is 5.12. The molecule has 0 saturated carbocycles. The van der Waals surface area contributed by atoms with Crippen molar-refractivity contribution in [2.75, 3.05) is 12.4 Å². The van der Waals surface area contributed by atoms with Crippen molar-refractivity contribution < 1.29 is 27.1 Å².